The van der Waals surface area contributed by atoms with E-state index in [1.54, 1.807) is 7.11 Å². The molecule has 1 saturated heterocycles. The number of fused-ring (bicyclic) bond motifs is 1. The Labute approximate surface area is 224 Å². The average molecular weight is 505 g/mol. The van der Waals surface area contributed by atoms with Crippen molar-refractivity contribution in [1.82, 2.24) is 9.88 Å². The van der Waals surface area contributed by atoms with Crippen molar-refractivity contribution in [2.75, 3.05) is 25.1 Å². The van der Waals surface area contributed by atoms with Gasteiger partial charge in [-0.3, -0.25) is 9.78 Å². The lowest BCUT2D eigenvalue weighted by Gasteiger charge is -2.45. The van der Waals surface area contributed by atoms with Crippen molar-refractivity contribution in [2.45, 2.75) is 39.3 Å². The number of nitriles is 1. The number of rotatable bonds is 5. The fourth-order valence-corrected chi connectivity index (χ4v) is 5.64. The summed E-state index contributed by atoms with van der Waals surface area (Å²) < 4.78 is 5.93. The summed E-state index contributed by atoms with van der Waals surface area (Å²) in [6, 6.07) is 24.7. The maximum absolute atomic E-state index is 12.4. The molecule has 0 N–H and O–H groups in total. The fourth-order valence-electron chi connectivity index (χ4n) is 5.64. The molecular formula is C32H32N4O2. The van der Waals surface area contributed by atoms with Gasteiger partial charge in [-0.1, -0.05) is 43.3 Å². The lowest BCUT2D eigenvalue weighted by molar-refractivity contribution is -0.135. The Kier molecular flexibility index (Phi) is 7.02. The highest BCUT2D eigenvalue weighted by molar-refractivity contribution is 6.00. The molecule has 192 valence electrons. The van der Waals surface area contributed by atoms with E-state index in [4.69, 9.17) is 15.0 Å². The lowest BCUT2D eigenvalue weighted by Crippen LogP contribution is -2.58. The molecule has 2 atom stereocenters. The van der Waals surface area contributed by atoms with Gasteiger partial charge < -0.3 is 14.5 Å². The molecule has 1 amide bonds. The van der Waals surface area contributed by atoms with Crippen molar-refractivity contribution < 1.29 is 9.53 Å². The second-order valence-corrected chi connectivity index (χ2v) is 9.90. The minimum Gasteiger partial charge on any atom is -0.495 e. The van der Waals surface area contributed by atoms with Crippen LogP contribution in [0.4, 0.5) is 5.69 Å². The van der Waals surface area contributed by atoms with Gasteiger partial charge in [0.2, 0.25) is 5.91 Å². The number of piperazine rings is 1. The molecule has 3 aromatic carbocycles. The molecule has 0 unspecified atom stereocenters. The molecule has 1 aliphatic heterocycles. The molecule has 6 nitrogen and oxygen atoms in total. The van der Waals surface area contributed by atoms with Gasteiger partial charge in [0.25, 0.3) is 0 Å². The molecule has 0 saturated carbocycles. The molecule has 4 aromatic rings. The van der Waals surface area contributed by atoms with Gasteiger partial charge in [0, 0.05) is 60.0 Å². The van der Waals surface area contributed by atoms with Gasteiger partial charge in [0.1, 0.15) is 5.75 Å². The molecule has 6 heteroatoms. The Morgan fingerprint density at radius 3 is 2.21 bits per heavy atom. The number of aromatic nitrogens is 1. The highest BCUT2D eigenvalue weighted by Gasteiger charge is 2.32. The first-order chi connectivity index (χ1) is 18.4. The first-order valence-electron chi connectivity index (χ1n) is 13.1. The fraction of sp³-hybridized carbons (Fsp3) is 0.281. The molecule has 5 rings (SSSR count). The third kappa shape index (κ3) is 4.56. The van der Waals surface area contributed by atoms with Crippen LogP contribution in [0, 0.1) is 11.3 Å². The second-order valence-electron chi connectivity index (χ2n) is 9.90. The Morgan fingerprint density at radius 2 is 1.61 bits per heavy atom. The summed E-state index contributed by atoms with van der Waals surface area (Å²) in [5.41, 5.74) is 6.60. The molecular weight excluding hydrogens is 472 g/mol. The molecule has 0 bridgehead atoms. The number of para-hydroxylation sites is 1. The van der Waals surface area contributed by atoms with Crippen LogP contribution >= 0.6 is 0 Å². The molecule has 0 spiro atoms. The van der Waals surface area contributed by atoms with Crippen LogP contribution in [0.3, 0.4) is 0 Å². The maximum Gasteiger partial charge on any atom is 0.222 e. The first kappa shape index (κ1) is 25.3. The summed E-state index contributed by atoms with van der Waals surface area (Å²) in [7, 11) is 1.70. The van der Waals surface area contributed by atoms with Gasteiger partial charge in [-0.15, -0.1) is 0 Å². The minimum absolute atomic E-state index is 0.168. The lowest BCUT2D eigenvalue weighted by atomic mass is 9.97. The number of hydrogen-bond acceptors (Lipinski definition) is 5. The number of pyridine rings is 1. The zero-order valence-electron chi connectivity index (χ0n) is 22.3. The zero-order chi connectivity index (χ0) is 26.8. The van der Waals surface area contributed by atoms with Gasteiger partial charge >= 0.3 is 0 Å². The SMILES string of the molecule is CCC(=O)N1[C@H](C)CN(c2ccc(-c3cnc4c(-c5ccc(C#N)cc5)cccc4c3OC)cc2)C[C@@H]1C. The summed E-state index contributed by atoms with van der Waals surface area (Å²) in [6.45, 7) is 7.81. The molecule has 1 fully saturated rings. The Hall–Kier alpha value is -4.37. The van der Waals surface area contributed by atoms with E-state index in [9.17, 15) is 4.79 Å². The molecule has 0 radical (unpaired) electrons. The number of amides is 1. The average Bonchev–Trinajstić information content (AvgIpc) is 2.95. The van der Waals surface area contributed by atoms with E-state index in [1.165, 1.54) is 0 Å². The van der Waals surface area contributed by atoms with Crippen LogP contribution in [0.1, 0.15) is 32.8 Å². The number of ether oxygens (including phenoxy) is 1. The number of methoxy groups -OCH3 is 1. The van der Waals surface area contributed by atoms with Gasteiger partial charge in [0.15, 0.2) is 0 Å². The largest absolute Gasteiger partial charge is 0.495 e. The highest BCUT2D eigenvalue weighted by Crippen LogP contribution is 2.39. The predicted molar refractivity (Wildman–Crippen MR) is 152 cm³/mol. The third-order valence-electron chi connectivity index (χ3n) is 7.43. The molecule has 1 aromatic heterocycles. The van der Waals surface area contributed by atoms with Crippen LogP contribution in [0.2, 0.25) is 0 Å². The number of carbonyl (C=O) groups excluding carboxylic acids is 1. The summed E-state index contributed by atoms with van der Waals surface area (Å²) in [6.07, 6.45) is 2.42. The van der Waals surface area contributed by atoms with Crippen molar-refractivity contribution in [3.8, 4) is 34.1 Å². The van der Waals surface area contributed by atoms with Crippen LogP contribution in [-0.2, 0) is 4.79 Å². The number of anilines is 1. The topological polar surface area (TPSA) is 69.5 Å². The number of hydrogen-bond donors (Lipinski definition) is 0. The highest BCUT2D eigenvalue weighted by atomic mass is 16.5. The van der Waals surface area contributed by atoms with E-state index in [1.807, 2.05) is 60.5 Å². The Morgan fingerprint density at radius 1 is 0.974 bits per heavy atom. The molecule has 38 heavy (non-hydrogen) atoms. The van der Waals surface area contributed by atoms with E-state index in [-0.39, 0.29) is 18.0 Å². The summed E-state index contributed by atoms with van der Waals surface area (Å²) in [4.78, 5) is 21.6. The van der Waals surface area contributed by atoms with E-state index in [2.05, 4.69) is 49.1 Å². The van der Waals surface area contributed by atoms with Crippen LogP contribution in [-0.4, -0.2) is 48.1 Å². The summed E-state index contributed by atoms with van der Waals surface area (Å²) >= 11 is 0. The normalized spacial score (nSPS) is 17.3. The van der Waals surface area contributed by atoms with Crippen molar-refractivity contribution in [3.05, 3.63) is 78.5 Å². The molecule has 2 heterocycles. The van der Waals surface area contributed by atoms with Crippen LogP contribution < -0.4 is 9.64 Å². The number of carbonyl (C=O) groups is 1. The summed E-state index contributed by atoms with van der Waals surface area (Å²) in [5, 5.41) is 10.1. The first-order valence-corrected chi connectivity index (χ1v) is 13.1. The van der Waals surface area contributed by atoms with E-state index in [0.717, 1.165) is 57.7 Å². The van der Waals surface area contributed by atoms with Crippen LogP contribution in [0.25, 0.3) is 33.2 Å². The van der Waals surface area contributed by atoms with Gasteiger partial charge in [-0.05, 0) is 55.3 Å². The van der Waals surface area contributed by atoms with Crippen molar-refractivity contribution in [3.63, 3.8) is 0 Å². The minimum atomic E-state index is 0.168. The quantitative estimate of drug-likeness (QED) is 0.320. The van der Waals surface area contributed by atoms with E-state index < -0.39 is 0 Å². The van der Waals surface area contributed by atoms with E-state index in [0.29, 0.717) is 12.0 Å². The second kappa shape index (κ2) is 10.5. The van der Waals surface area contributed by atoms with Crippen molar-refractivity contribution in [2.24, 2.45) is 0 Å². The van der Waals surface area contributed by atoms with Gasteiger partial charge in [-0.25, -0.2) is 0 Å². The standard InChI is InChI=1S/C32H32N4O2/c1-5-30(37)36-21(2)19-35(20-22(36)3)26-15-13-25(14-16-26)29-18-34-31-27(7-6-8-28(31)32(29)38-4)24-11-9-23(17-33)10-12-24/h6-16,18,21-22H,5,19-20H2,1-4H3/t21-,22+. The van der Waals surface area contributed by atoms with E-state index >= 15 is 0 Å². The number of nitrogens with zero attached hydrogens (tertiary/aromatic N) is 4. The van der Waals surface area contributed by atoms with Gasteiger partial charge in [0.05, 0.1) is 24.3 Å². The van der Waals surface area contributed by atoms with Gasteiger partial charge in [-0.2, -0.15) is 5.26 Å². The Balaban J connectivity index is 1.45. The smallest absolute Gasteiger partial charge is 0.222 e. The van der Waals surface area contributed by atoms with Crippen molar-refractivity contribution in [1.29, 1.82) is 5.26 Å². The van der Waals surface area contributed by atoms with Crippen LogP contribution in [0.5, 0.6) is 5.75 Å². The van der Waals surface area contributed by atoms with Crippen molar-refractivity contribution >= 4 is 22.5 Å². The third-order valence-corrected chi connectivity index (χ3v) is 7.43. The van der Waals surface area contributed by atoms with Crippen LogP contribution in [0.15, 0.2) is 72.9 Å². The maximum atomic E-state index is 12.4. The Bertz CT molecular complexity index is 1490. The monoisotopic (exact) mass is 504 g/mol. The predicted octanol–water partition coefficient (Wildman–Crippen LogP) is 6.28. The number of benzene rings is 3. The summed E-state index contributed by atoms with van der Waals surface area (Å²) in [5.74, 6) is 1.01. The molecule has 0 aliphatic carbocycles. The zero-order valence-corrected chi connectivity index (χ0v) is 22.3. The molecule has 1 aliphatic rings.